The Morgan fingerprint density at radius 1 is 1.00 bits per heavy atom. The highest BCUT2D eigenvalue weighted by molar-refractivity contribution is 6.01. The average molecular weight is 337 g/mol. The van der Waals surface area contributed by atoms with Crippen LogP contribution in [0.5, 0.6) is 0 Å². The van der Waals surface area contributed by atoms with E-state index < -0.39 is 0 Å². The summed E-state index contributed by atoms with van der Waals surface area (Å²) in [4.78, 5) is 41.2. The van der Waals surface area contributed by atoms with Crippen LogP contribution in [0.3, 0.4) is 0 Å². The van der Waals surface area contributed by atoms with Gasteiger partial charge in [0.15, 0.2) is 0 Å². The summed E-state index contributed by atoms with van der Waals surface area (Å²) in [7, 11) is 0. The predicted molar refractivity (Wildman–Crippen MR) is 92.2 cm³/mol. The fraction of sp³-hybridized carbons (Fsp3) is 0.833. The van der Waals surface area contributed by atoms with Gasteiger partial charge in [-0.2, -0.15) is 0 Å². The maximum atomic E-state index is 12.4. The van der Waals surface area contributed by atoms with E-state index in [4.69, 9.17) is 0 Å². The second-order valence-corrected chi connectivity index (χ2v) is 8.13. The van der Waals surface area contributed by atoms with Crippen LogP contribution >= 0.6 is 0 Å². The third-order valence-corrected chi connectivity index (χ3v) is 5.48. The van der Waals surface area contributed by atoms with E-state index in [1.807, 2.05) is 4.90 Å². The molecule has 3 amide bonds. The highest BCUT2D eigenvalue weighted by Crippen LogP contribution is 2.28. The van der Waals surface area contributed by atoms with Gasteiger partial charge >= 0.3 is 0 Å². The normalized spacial score (nSPS) is 21.5. The zero-order valence-electron chi connectivity index (χ0n) is 15.5. The zero-order chi connectivity index (χ0) is 17.9. The van der Waals surface area contributed by atoms with Crippen molar-refractivity contribution < 1.29 is 14.4 Å². The minimum Gasteiger partial charge on any atom is -0.340 e. The first-order valence-corrected chi connectivity index (χ1v) is 9.02. The molecule has 0 aromatic carbocycles. The number of hydrogen-bond acceptors (Lipinski definition) is 4. The van der Waals surface area contributed by atoms with Crippen molar-refractivity contribution in [2.75, 3.05) is 39.3 Å². The summed E-state index contributed by atoms with van der Waals surface area (Å²) in [6, 6.07) is 0. The van der Waals surface area contributed by atoms with Gasteiger partial charge in [-0.3, -0.25) is 24.2 Å². The molecule has 2 rings (SSSR count). The lowest BCUT2D eigenvalue weighted by molar-refractivity contribution is -0.138. The molecular weight excluding hydrogens is 306 g/mol. The van der Waals surface area contributed by atoms with Crippen molar-refractivity contribution in [3.8, 4) is 0 Å². The molecule has 1 atom stereocenters. The quantitative estimate of drug-likeness (QED) is 0.711. The van der Waals surface area contributed by atoms with Crippen LogP contribution in [0.2, 0.25) is 0 Å². The summed E-state index contributed by atoms with van der Waals surface area (Å²) >= 11 is 0. The SMILES string of the molecule is CC(CC(=O)N1CCN(CCN2C(=O)CCC2=O)CC1)C(C)(C)C. The van der Waals surface area contributed by atoms with Crippen LogP contribution in [-0.4, -0.2) is 71.7 Å². The van der Waals surface area contributed by atoms with E-state index in [0.29, 0.717) is 38.3 Å². The summed E-state index contributed by atoms with van der Waals surface area (Å²) < 4.78 is 0. The van der Waals surface area contributed by atoms with E-state index in [-0.39, 0.29) is 23.1 Å². The van der Waals surface area contributed by atoms with Crippen LogP contribution in [0.1, 0.15) is 47.0 Å². The van der Waals surface area contributed by atoms with Gasteiger partial charge in [-0.25, -0.2) is 0 Å². The van der Waals surface area contributed by atoms with Gasteiger partial charge in [0.1, 0.15) is 0 Å². The molecule has 0 aliphatic carbocycles. The lowest BCUT2D eigenvalue weighted by Gasteiger charge is -2.36. The Hall–Kier alpha value is -1.43. The number of nitrogens with zero attached hydrogens (tertiary/aromatic N) is 3. The summed E-state index contributed by atoms with van der Waals surface area (Å²) in [6.07, 6.45) is 1.31. The third kappa shape index (κ3) is 4.79. The average Bonchev–Trinajstić information content (AvgIpc) is 2.83. The van der Waals surface area contributed by atoms with Crippen molar-refractivity contribution in [1.82, 2.24) is 14.7 Å². The molecule has 136 valence electrons. The van der Waals surface area contributed by atoms with Crippen LogP contribution in [-0.2, 0) is 14.4 Å². The lowest BCUT2D eigenvalue weighted by Crippen LogP contribution is -2.51. The van der Waals surface area contributed by atoms with Gasteiger partial charge in [-0.05, 0) is 11.3 Å². The van der Waals surface area contributed by atoms with E-state index in [1.54, 1.807) is 0 Å². The third-order valence-electron chi connectivity index (χ3n) is 5.48. The maximum Gasteiger partial charge on any atom is 0.229 e. The highest BCUT2D eigenvalue weighted by Gasteiger charge is 2.30. The Balaban J connectivity index is 1.72. The molecule has 0 saturated carbocycles. The van der Waals surface area contributed by atoms with Crippen molar-refractivity contribution in [2.45, 2.75) is 47.0 Å². The van der Waals surface area contributed by atoms with E-state index in [0.717, 1.165) is 26.2 Å². The molecule has 1 unspecified atom stereocenters. The molecule has 0 radical (unpaired) electrons. The van der Waals surface area contributed by atoms with Gasteiger partial charge in [-0.1, -0.05) is 27.7 Å². The molecule has 2 aliphatic rings. The van der Waals surface area contributed by atoms with E-state index in [9.17, 15) is 14.4 Å². The summed E-state index contributed by atoms with van der Waals surface area (Å²) in [5, 5.41) is 0. The number of carbonyl (C=O) groups excluding carboxylic acids is 3. The molecule has 6 nitrogen and oxygen atoms in total. The Kier molecular flexibility index (Phi) is 6.01. The first kappa shape index (κ1) is 18.9. The molecule has 2 heterocycles. The van der Waals surface area contributed by atoms with E-state index in [1.165, 1.54) is 4.90 Å². The number of amides is 3. The molecule has 24 heavy (non-hydrogen) atoms. The van der Waals surface area contributed by atoms with Gasteiger partial charge < -0.3 is 4.90 Å². The molecular formula is C18H31N3O3. The number of likely N-dealkylation sites (tertiary alicyclic amines) is 1. The molecule has 2 aliphatic heterocycles. The number of hydrogen-bond donors (Lipinski definition) is 0. The monoisotopic (exact) mass is 337 g/mol. The molecule has 0 spiro atoms. The van der Waals surface area contributed by atoms with Crippen LogP contribution in [0.15, 0.2) is 0 Å². The molecule has 6 heteroatoms. The zero-order valence-corrected chi connectivity index (χ0v) is 15.5. The van der Waals surface area contributed by atoms with Crippen molar-refractivity contribution in [2.24, 2.45) is 11.3 Å². The van der Waals surface area contributed by atoms with Crippen LogP contribution in [0, 0.1) is 11.3 Å². The Morgan fingerprint density at radius 3 is 2.04 bits per heavy atom. The first-order chi connectivity index (χ1) is 11.2. The van der Waals surface area contributed by atoms with Gasteiger partial charge in [0.05, 0.1) is 0 Å². The van der Waals surface area contributed by atoms with Gasteiger partial charge in [-0.15, -0.1) is 0 Å². The number of imide groups is 1. The van der Waals surface area contributed by atoms with Crippen LogP contribution in [0.4, 0.5) is 0 Å². The lowest BCUT2D eigenvalue weighted by atomic mass is 9.80. The minimum absolute atomic E-state index is 0.0509. The Bertz CT molecular complexity index is 474. The second-order valence-electron chi connectivity index (χ2n) is 8.13. The minimum atomic E-state index is -0.0509. The molecule has 0 aromatic heterocycles. The Morgan fingerprint density at radius 2 is 1.54 bits per heavy atom. The fourth-order valence-corrected chi connectivity index (χ4v) is 3.03. The molecule has 0 aromatic rings. The largest absolute Gasteiger partial charge is 0.340 e. The van der Waals surface area contributed by atoms with Gasteiger partial charge in [0.2, 0.25) is 17.7 Å². The molecule has 0 N–H and O–H groups in total. The summed E-state index contributed by atoms with van der Waals surface area (Å²) in [5.41, 5.74) is 0.145. The molecule has 2 fully saturated rings. The van der Waals surface area contributed by atoms with Crippen LogP contribution < -0.4 is 0 Å². The fourth-order valence-electron chi connectivity index (χ4n) is 3.03. The second kappa shape index (κ2) is 7.64. The maximum absolute atomic E-state index is 12.4. The molecule has 2 saturated heterocycles. The van der Waals surface area contributed by atoms with Gasteiger partial charge in [0.25, 0.3) is 0 Å². The van der Waals surface area contributed by atoms with E-state index in [2.05, 4.69) is 32.6 Å². The number of rotatable bonds is 5. The number of carbonyl (C=O) groups is 3. The van der Waals surface area contributed by atoms with E-state index >= 15 is 0 Å². The standard InChI is InChI=1S/C18H31N3O3/c1-14(18(2,3)4)13-17(24)20-10-7-19(8-11-20)9-12-21-15(22)5-6-16(21)23/h14H,5-13H2,1-4H3. The molecule has 0 bridgehead atoms. The topological polar surface area (TPSA) is 60.9 Å². The van der Waals surface area contributed by atoms with Crippen molar-refractivity contribution >= 4 is 17.7 Å². The van der Waals surface area contributed by atoms with Crippen molar-refractivity contribution in [3.63, 3.8) is 0 Å². The highest BCUT2D eigenvalue weighted by atomic mass is 16.2. The van der Waals surface area contributed by atoms with Gasteiger partial charge in [0, 0.05) is 58.5 Å². The smallest absolute Gasteiger partial charge is 0.229 e. The number of piperazine rings is 1. The van der Waals surface area contributed by atoms with Crippen LogP contribution in [0.25, 0.3) is 0 Å². The summed E-state index contributed by atoms with van der Waals surface area (Å²) in [5.74, 6) is 0.493. The van der Waals surface area contributed by atoms with Crippen molar-refractivity contribution in [3.05, 3.63) is 0 Å². The predicted octanol–water partition coefficient (Wildman–Crippen LogP) is 1.35. The summed E-state index contributed by atoms with van der Waals surface area (Å²) in [6.45, 7) is 12.9. The Labute approximate surface area is 145 Å². The first-order valence-electron chi connectivity index (χ1n) is 9.02. The van der Waals surface area contributed by atoms with Crippen molar-refractivity contribution in [1.29, 1.82) is 0 Å².